The van der Waals surface area contributed by atoms with Gasteiger partial charge in [-0.05, 0) is 0 Å². The van der Waals surface area contributed by atoms with Crippen molar-refractivity contribution in [2.24, 2.45) is 0 Å². The topological polar surface area (TPSA) is 98.7 Å². The predicted molar refractivity (Wildman–Crippen MR) is 122 cm³/mol. The van der Waals surface area contributed by atoms with Crippen LogP contribution in [0.4, 0.5) is 0 Å². The van der Waals surface area contributed by atoms with E-state index in [1.165, 1.54) is 0 Å². The zero-order valence-electron chi connectivity index (χ0n) is 20.6. The van der Waals surface area contributed by atoms with Gasteiger partial charge >= 0.3 is 131 Å². The summed E-state index contributed by atoms with van der Waals surface area (Å²) in [5, 5.41) is 0. The van der Waals surface area contributed by atoms with E-state index in [-0.39, 0.29) is 0 Å². The van der Waals surface area contributed by atoms with Crippen LogP contribution in [0.5, 0.6) is 0 Å². The van der Waals surface area contributed by atoms with Gasteiger partial charge in [0, 0.05) is 14.2 Å². The number of hydrogen-bond donors (Lipinski definition) is 0. The normalized spacial score (nSPS) is 13.7. The van der Waals surface area contributed by atoms with Crippen LogP contribution in [0.15, 0.2) is 0 Å². The van der Waals surface area contributed by atoms with E-state index >= 15 is 0 Å². The average molecular weight is 472 g/mol. The van der Waals surface area contributed by atoms with Gasteiger partial charge in [-0.3, -0.25) is 0 Å². The summed E-state index contributed by atoms with van der Waals surface area (Å²) in [4.78, 5) is 18.4. The quantitative estimate of drug-likeness (QED) is 0.413. The Labute approximate surface area is 188 Å². The molecule has 0 N–H and O–H groups in total. The maximum absolute atomic E-state index is 9.22. The van der Waals surface area contributed by atoms with Crippen molar-refractivity contribution in [1.82, 2.24) is 0 Å². The molecule has 0 saturated carbocycles. The first-order chi connectivity index (χ1) is 12.0. The molecule has 168 valence electrons. The Balaban J connectivity index is -0.000000143. The predicted octanol–water partition coefficient (Wildman–Crippen LogP) is 5.02. The molecule has 0 radical (unpaired) electrons. The Morgan fingerprint density at radius 1 is 0.536 bits per heavy atom. The molecule has 0 aromatic rings. The molecule has 0 spiro atoms. The fraction of sp³-hybridized carbons (Fsp3) is 1.00. The van der Waals surface area contributed by atoms with Gasteiger partial charge in [0.05, 0.1) is 0 Å². The Morgan fingerprint density at radius 3 is 0.643 bits per heavy atom. The molecule has 0 heterocycles. The van der Waals surface area contributed by atoms with E-state index in [4.69, 9.17) is 0 Å². The monoisotopic (exact) mass is 472 g/mol. The van der Waals surface area contributed by atoms with Crippen LogP contribution >= 0.6 is 16.5 Å². The summed E-state index contributed by atoms with van der Waals surface area (Å²) in [6, 6.07) is 0. The van der Waals surface area contributed by atoms with Crippen LogP contribution in [-0.2, 0) is 18.2 Å². The molecule has 2 atom stereocenters. The standard InChI is InChI=1S/4C4H9.2CH5O3P.2Al/c4*1-4(2)3;2*1-4-5(2)3;;/h4*1-3H3;2*5H,1H3,(H,2,3);;/q;;;;;;2*+1/p-2. The molecule has 0 bridgehead atoms. The molecule has 0 aromatic heterocycles. The van der Waals surface area contributed by atoms with Crippen molar-refractivity contribution >= 4 is 46.9 Å². The second kappa shape index (κ2) is 17.0. The first-order valence-electron chi connectivity index (χ1n) is 9.20. The van der Waals surface area contributed by atoms with Gasteiger partial charge < -0.3 is 28.0 Å². The van der Waals surface area contributed by atoms with Crippen molar-refractivity contribution < 1.29 is 28.0 Å². The van der Waals surface area contributed by atoms with Gasteiger partial charge in [0.2, 0.25) is 0 Å². The van der Waals surface area contributed by atoms with Gasteiger partial charge in [-0.1, -0.05) is 0 Å². The van der Waals surface area contributed by atoms with Crippen LogP contribution in [-0.4, -0.2) is 44.7 Å². The molecular weight excluding hydrogens is 428 g/mol. The molecule has 0 aliphatic rings. The number of hydrogen-bond acceptors (Lipinski definition) is 6. The third-order valence-electron chi connectivity index (χ3n) is 2.07. The van der Waals surface area contributed by atoms with Crippen molar-refractivity contribution in [2.75, 3.05) is 14.2 Å². The molecule has 0 rings (SSSR count). The average Bonchev–Trinajstić information content (AvgIpc) is 2.31. The fourth-order valence-corrected chi connectivity index (χ4v) is 7.79. The third-order valence-corrected chi connectivity index (χ3v) is 6.20. The van der Waals surface area contributed by atoms with Crippen molar-refractivity contribution in [1.29, 1.82) is 0 Å². The minimum absolute atomic E-state index is 0.568. The van der Waals surface area contributed by atoms with Gasteiger partial charge in [-0.25, -0.2) is 0 Å². The fourth-order valence-electron chi connectivity index (χ4n) is 2.60. The molecule has 0 fully saturated rings. The van der Waals surface area contributed by atoms with Crippen molar-refractivity contribution in [3.05, 3.63) is 0 Å². The summed E-state index contributed by atoms with van der Waals surface area (Å²) in [6.07, 6.45) is 0. The van der Waals surface area contributed by atoms with Crippen LogP contribution in [0.2, 0.25) is 17.1 Å². The Morgan fingerprint density at radius 2 is 0.643 bits per heavy atom. The zero-order chi connectivity index (χ0) is 24.0. The molecule has 0 aromatic carbocycles. The molecule has 0 aliphatic carbocycles. The van der Waals surface area contributed by atoms with Gasteiger partial charge in [0.1, 0.15) is 16.5 Å². The second-order valence-corrected chi connectivity index (χ2v) is 20.0. The van der Waals surface area contributed by atoms with Crippen molar-refractivity contribution in [3.63, 3.8) is 0 Å². The minimum atomic E-state index is -2.87. The summed E-state index contributed by atoms with van der Waals surface area (Å²) in [5.41, 5.74) is 0. The van der Waals surface area contributed by atoms with Crippen LogP contribution in [0, 0.1) is 0 Å². The third kappa shape index (κ3) is 63.1. The van der Waals surface area contributed by atoms with E-state index in [0.29, 0.717) is 47.5 Å². The van der Waals surface area contributed by atoms with E-state index in [0.717, 1.165) is 14.2 Å². The number of rotatable bonds is 2. The maximum atomic E-state index is 9.22. The molecule has 0 aliphatic heterocycles. The van der Waals surface area contributed by atoms with E-state index in [9.17, 15) is 18.9 Å². The Kier molecular flexibility index (Phi) is 22.3. The summed E-state index contributed by atoms with van der Waals surface area (Å²) in [7, 11) is -3.51. The SMILES string of the molecule is CO[PH](=O)[O-].CO[PH](=O)[O-].C[C](C)(C)[Al+][C](C)(C)C.C[C](C)(C)[Al+][C](C)(C)C. The molecule has 2 unspecified atom stereocenters. The summed E-state index contributed by atoms with van der Waals surface area (Å²) in [5.74, 6) is 0. The van der Waals surface area contributed by atoms with Crippen molar-refractivity contribution in [2.45, 2.75) is 100 Å². The van der Waals surface area contributed by atoms with Crippen LogP contribution in [0.1, 0.15) is 83.1 Å². The van der Waals surface area contributed by atoms with E-state index in [1.807, 2.05) is 0 Å². The Bertz CT molecular complexity index is 356. The summed E-state index contributed by atoms with van der Waals surface area (Å²) < 4.78 is 28.2. The molecule has 10 heteroatoms. The molecule has 0 saturated heterocycles. The first kappa shape index (κ1) is 36.7. The van der Waals surface area contributed by atoms with E-state index in [2.05, 4.69) is 92.1 Å². The Hall–Kier alpha value is 1.36. The molecule has 6 nitrogen and oxygen atoms in total. The second-order valence-electron chi connectivity index (χ2n) is 10.7. The zero-order valence-corrected chi connectivity index (χ0v) is 24.9. The summed E-state index contributed by atoms with van der Waals surface area (Å²) in [6.45, 7) is 27.9. The molecule has 28 heavy (non-hydrogen) atoms. The van der Waals surface area contributed by atoms with E-state index < -0.39 is 16.5 Å². The molecule has 0 amide bonds. The van der Waals surface area contributed by atoms with Crippen LogP contribution in [0.25, 0.3) is 0 Å². The van der Waals surface area contributed by atoms with E-state index in [1.54, 1.807) is 0 Å². The van der Waals surface area contributed by atoms with Gasteiger partial charge in [-0.15, -0.1) is 0 Å². The summed E-state index contributed by atoms with van der Waals surface area (Å²) >= 11 is 1.14. The van der Waals surface area contributed by atoms with Crippen molar-refractivity contribution in [3.8, 4) is 0 Å². The molecular formula is C18H44Al2O6P2. The van der Waals surface area contributed by atoms with Gasteiger partial charge in [0.25, 0.3) is 0 Å². The van der Waals surface area contributed by atoms with Gasteiger partial charge in [-0.2, -0.15) is 0 Å². The van der Waals surface area contributed by atoms with Crippen LogP contribution in [0.3, 0.4) is 0 Å². The van der Waals surface area contributed by atoms with Gasteiger partial charge in [0.15, 0.2) is 0 Å². The first-order valence-corrected chi connectivity index (χ1v) is 14.0. The van der Waals surface area contributed by atoms with Crippen LogP contribution < -0.4 is 9.79 Å².